The summed E-state index contributed by atoms with van der Waals surface area (Å²) in [4.78, 5) is 29.0. The van der Waals surface area contributed by atoms with E-state index < -0.39 is 5.91 Å². The van der Waals surface area contributed by atoms with E-state index >= 15 is 0 Å². The zero-order valence-corrected chi connectivity index (χ0v) is 16.2. The molecule has 9 heteroatoms. The van der Waals surface area contributed by atoms with Gasteiger partial charge in [0, 0.05) is 9.50 Å². The van der Waals surface area contributed by atoms with Crippen LogP contribution in [-0.4, -0.2) is 15.5 Å². The van der Waals surface area contributed by atoms with Crippen molar-refractivity contribution in [2.45, 2.75) is 6.54 Å². The van der Waals surface area contributed by atoms with Gasteiger partial charge in [-0.1, -0.05) is 50.7 Å². The van der Waals surface area contributed by atoms with Gasteiger partial charge in [-0.15, -0.1) is 0 Å². The maximum atomic E-state index is 12.5. The lowest BCUT2D eigenvalue weighted by Gasteiger charge is -2.11. The third kappa shape index (κ3) is 3.98. The zero-order valence-electron chi connectivity index (χ0n) is 12.4. The van der Waals surface area contributed by atoms with E-state index in [1.165, 1.54) is 23.0 Å². The lowest BCUT2D eigenvalue weighted by Crippen LogP contribution is -2.28. The second kappa shape index (κ2) is 7.33. The molecule has 1 amide bonds. The lowest BCUT2D eigenvalue weighted by molar-refractivity contribution is -0.116. The second-order valence-electron chi connectivity index (χ2n) is 5.13. The minimum Gasteiger partial charge on any atom is -0.322 e. The molecule has 0 fully saturated rings. The van der Waals surface area contributed by atoms with Crippen LogP contribution in [0.25, 0.3) is 10.9 Å². The van der Waals surface area contributed by atoms with Crippen LogP contribution in [0.1, 0.15) is 0 Å². The topological polar surface area (TPSA) is 64.0 Å². The maximum absolute atomic E-state index is 12.5. The van der Waals surface area contributed by atoms with Gasteiger partial charge in [-0.3, -0.25) is 14.2 Å². The highest BCUT2D eigenvalue weighted by molar-refractivity contribution is 9.10. The molecule has 1 aromatic heterocycles. The number of fused-ring (bicyclic) bond motifs is 1. The van der Waals surface area contributed by atoms with Crippen LogP contribution in [-0.2, 0) is 11.3 Å². The number of hydrogen-bond acceptors (Lipinski definition) is 3. The molecule has 0 aliphatic rings. The van der Waals surface area contributed by atoms with E-state index in [1.54, 1.807) is 18.2 Å². The lowest BCUT2D eigenvalue weighted by atomic mass is 10.2. The van der Waals surface area contributed by atoms with Crippen LogP contribution >= 0.6 is 50.7 Å². The standard InChI is InChI=1S/C16H9BrCl3N3O2/c17-8-1-2-13-10(3-8)16(25)23(7-21-13)6-14(24)22-15-11(19)4-9(18)5-12(15)20/h1-5,7H,6H2,(H,22,24). The van der Waals surface area contributed by atoms with Gasteiger partial charge in [0.1, 0.15) is 6.54 Å². The molecular weight excluding hydrogens is 452 g/mol. The molecule has 1 N–H and O–H groups in total. The summed E-state index contributed by atoms with van der Waals surface area (Å²) in [7, 11) is 0. The van der Waals surface area contributed by atoms with Crippen LogP contribution in [0.2, 0.25) is 15.1 Å². The molecule has 3 aromatic rings. The number of carbonyl (C=O) groups excluding carboxylic acids is 1. The summed E-state index contributed by atoms with van der Waals surface area (Å²) in [6.07, 6.45) is 1.32. The molecule has 0 unspecified atom stereocenters. The highest BCUT2D eigenvalue weighted by atomic mass is 79.9. The first-order valence-electron chi connectivity index (χ1n) is 6.94. The summed E-state index contributed by atoms with van der Waals surface area (Å²) in [5.41, 5.74) is 0.464. The molecule has 2 aromatic carbocycles. The molecule has 128 valence electrons. The summed E-state index contributed by atoms with van der Waals surface area (Å²) in [6.45, 7) is -0.233. The number of benzene rings is 2. The van der Waals surface area contributed by atoms with Gasteiger partial charge in [0.2, 0.25) is 5.91 Å². The average Bonchev–Trinajstić information content (AvgIpc) is 2.54. The quantitative estimate of drug-likeness (QED) is 0.612. The molecule has 0 bridgehead atoms. The van der Waals surface area contributed by atoms with E-state index in [4.69, 9.17) is 34.8 Å². The monoisotopic (exact) mass is 459 g/mol. The highest BCUT2D eigenvalue weighted by Crippen LogP contribution is 2.33. The molecule has 25 heavy (non-hydrogen) atoms. The van der Waals surface area contributed by atoms with Crippen molar-refractivity contribution >= 4 is 73.2 Å². The first-order valence-corrected chi connectivity index (χ1v) is 8.87. The van der Waals surface area contributed by atoms with Gasteiger partial charge in [-0.2, -0.15) is 0 Å². The second-order valence-corrected chi connectivity index (χ2v) is 7.30. The van der Waals surface area contributed by atoms with Crippen LogP contribution in [0, 0.1) is 0 Å². The van der Waals surface area contributed by atoms with E-state index in [-0.39, 0.29) is 27.8 Å². The Morgan fingerprint density at radius 2 is 1.84 bits per heavy atom. The summed E-state index contributed by atoms with van der Waals surface area (Å²) in [5.74, 6) is -0.468. The molecule has 0 spiro atoms. The fourth-order valence-corrected chi connectivity index (χ4v) is 3.51. The Kier molecular flexibility index (Phi) is 5.34. The van der Waals surface area contributed by atoms with Crippen molar-refractivity contribution in [2.75, 3.05) is 5.32 Å². The maximum Gasteiger partial charge on any atom is 0.261 e. The summed E-state index contributed by atoms with van der Waals surface area (Å²) in [6, 6.07) is 8.10. The van der Waals surface area contributed by atoms with Crippen molar-refractivity contribution in [1.82, 2.24) is 9.55 Å². The van der Waals surface area contributed by atoms with Gasteiger partial charge >= 0.3 is 0 Å². The Hall–Kier alpha value is -1.60. The molecular formula is C16H9BrCl3N3O2. The van der Waals surface area contributed by atoms with Gasteiger partial charge in [0.25, 0.3) is 5.56 Å². The molecule has 3 rings (SSSR count). The number of anilines is 1. The van der Waals surface area contributed by atoms with Gasteiger partial charge in [0.05, 0.1) is 33.0 Å². The Balaban J connectivity index is 1.88. The first kappa shape index (κ1) is 18.2. The summed E-state index contributed by atoms with van der Waals surface area (Å²) >= 11 is 21.2. The predicted molar refractivity (Wildman–Crippen MR) is 104 cm³/mol. The van der Waals surface area contributed by atoms with Crippen LogP contribution in [0.5, 0.6) is 0 Å². The molecule has 5 nitrogen and oxygen atoms in total. The van der Waals surface area contributed by atoms with E-state index in [0.29, 0.717) is 15.9 Å². The van der Waals surface area contributed by atoms with Crippen LogP contribution < -0.4 is 10.9 Å². The fourth-order valence-electron chi connectivity index (χ4n) is 2.24. The number of hydrogen-bond donors (Lipinski definition) is 1. The van der Waals surface area contributed by atoms with Crippen molar-refractivity contribution in [3.63, 3.8) is 0 Å². The first-order chi connectivity index (χ1) is 11.8. The van der Waals surface area contributed by atoms with Gasteiger partial charge in [-0.25, -0.2) is 4.98 Å². The minimum atomic E-state index is -0.468. The van der Waals surface area contributed by atoms with Crippen LogP contribution in [0.3, 0.4) is 0 Å². The predicted octanol–water partition coefficient (Wildman–Crippen LogP) is 4.76. The fraction of sp³-hybridized carbons (Fsp3) is 0.0625. The Morgan fingerprint density at radius 1 is 1.16 bits per heavy atom. The van der Waals surface area contributed by atoms with Crippen LogP contribution in [0.15, 0.2) is 45.9 Å². The van der Waals surface area contributed by atoms with Gasteiger partial charge in [0.15, 0.2) is 0 Å². The summed E-state index contributed by atoms with van der Waals surface area (Å²) in [5, 5.41) is 3.76. The SMILES string of the molecule is O=C(Cn1cnc2ccc(Br)cc2c1=O)Nc1c(Cl)cc(Cl)cc1Cl. The third-order valence-corrected chi connectivity index (χ3v) is 4.68. The van der Waals surface area contributed by atoms with Crippen LogP contribution in [0.4, 0.5) is 5.69 Å². The van der Waals surface area contributed by atoms with E-state index in [9.17, 15) is 9.59 Å². The molecule has 0 radical (unpaired) electrons. The zero-order chi connectivity index (χ0) is 18.1. The van der Waals surface area contributed by atoms with Crippen molar-refractivity contribution < 1.29 is 4.79 Å². The van der Waals surface area contributed by atoms with Crippen molar-refractivity contribution in [1.29, 1.82) is 0 Å². The number of aromatic nitrogens is 2. The van der Waals surface area contributed by atoms with Crippen molar-refractivity contribution in [3.05, 3.63) is 66.6 Å². The van der Waals surface area contributed by atoms with Crippen molar-refractivity contribution in [3.8, 4) is 0 Å². The number of rotatable bonds is 3. The van der Waals surface area contributed by atoms with E-state index in [2.05, 4.69) is 26.2 Å². The number of halogens is 4. The minimum absolute atomic E-state index is 0.207. The Labute approximate surface area is 165 Å². The largest absolute Gasteiger partial charge is 0.322 e. The number of nitrogens with one attached hydrogen (secondary N) is 1. The Morgan fingerprint density at radius 3 is 2.52 bits per heavy atom. The summed E-state index contributed by atoms with van der Waals surface area (Å²) < 4.78 is 1.96. The van der Waals surface area contributed by atoms with Gasteiger partial charge in [-0.05, 0) is 30.3 Å². The molecule has 0 atom stereocenters. The number of carbonyl (C=O) groups is 1. The third-order valence-electron chi connectivity index (χ3n) is 3.37. The Bertz CT molecular complexity index is 1030. The molecule has 0 saturated heterocycles. The molecule has 1 heterocycles. The smallest absolute Gasteiger partial charge is 0.261 e. The molecule has 0 saturated carbocycles. The van der Waals surface area contributed by atoms with E-state index in [1.807, 2.05) is 0 Å². The normalized spacial score (nSPS) is 10.9. The van der Waals surface area contributed by atoms with Gasteiger partial charge < -0.3 is 5.32 Å². The number of amides is 1. The molecule has 0 aliphatic heterocycles. The van der Waals surface area contributed by atoms with Crippen molar-refractivity contribution in [2.24, 2.45) is 0 Å². The highest BCUT2D eigenvalue weighted by Gasteiger charge is 2.13. The molecule has 0 aliphatic carbocycles. The number of nitrogens with zero attached hydrogens (tertiary/aromatic N) is 2. The average molecular weight is 462 g/mol. The van der Waals surface area contributed by atoms with E-state index in [0.717, 1.165) is 4.47 Å².